The number of amides is 1. The lowest BCUT2D eigenvalue weighted by atomic mass is 10.1. The number of ether oxygens (including phenoxy) is 2. The van der Waals surface area contributed by atoms with E-state index in [0.717, 1.165) is 57.2 Å². The fourth-order valence-corrected chi connectivity index (χ4v) is 3.93. The van der Waals surface area contributed by atoms with Crippen molar-refractivity contribution >= 4 is 11.9 Å². The summed E-state index contributed by atoms with van der Waals surface area (Å²) >= 11 is 0. The number of aromatic nitrogens is 2. The summed E-state index contributed by atoms with van der Waals surface area (Å²) in [7, 11) is 1.59. The van der Waals surface area contributed by atoms with Crippen molar-refractivity contribution in [1.29, 1.82) is 0 Å². The van der Waals surface area contributed by atoms with Crippen LogP contribution < -0.4 is 14.4 Å². The van der Waals surface area contributed by atoms with Crippen molar-refractivity contribution in [1.82, 2.24) is 19.8 Å². The Bertz CT molecular complexity index is 926. The van der Waals surface area contributed by atoms with Gasteiger partial charge in [0.1, 0.15) is 17.8 Å². The van der Waals surface area contributed by atoms with Crippen molar-refractivity contribution in [2.75, 3.05) is 51.3 Å². The fraction of sp³-hybridized carbons (Fsp3) is 0.435. The van der Waals surface area contributed by atoms with E-state index in [1.807, 2.05) is 13.0 Å². The smallest absolute Gasteiger partial charge is 0.262 e. The number of hydrogen-bond donors (Lipinski definition) is 0. The Morgan fingerprint density at radius 3 is 2.55 bits per heavy atom. The van der Waals surface area contributed by atoms with Gasteiger partial charge in [-0.1, -0.05) is 0 Å². The zero-order valence-corrected chi connectivity index (χ0v) is 18.2. The zero-order valence-electron chi connectivity index (χ0n) is 18.2. The maximum absolute atomic E-state index is 13.1. The van der Waals surface area contributed by atoms with Crippen LogP contribution in [0.1, 0.15) is 30.1 Å². The molecule has 4 rings (SSSR count). The minimum atomic E-state index is -0.0448. The summed E-state index contributed by atoms with van der Waals surface area (Å²) in [6.45, 7) is 7.47. The summed E-state index contributed by atoms with van der Waals surface area (Å²) in [5, 5.41) is 0. The van der Waals surface area contributed by atoms with Crippen LogP contribution in [-0.2, 0) is 0 Å². The molecule has 1 amide bonds. The Morgan fingerprint density at radius 1 is 1.06 bits per heavy atom. The van der Waals surface area contributed by atoms with E-state index in [1.54, 1.807) is 48.9 Å². The quantitative estimate of drug-likeness (QED) is 0.634. The number of hydrogen-bond acceptors (Lipinski definition) is 7. The summed E-state index contributed by atoms with van der Waals surface area (Å²) in [5.74, 6) is 1.98. The molecule has 0 atom stereocenters. The fourth-order valence-electron chi connectivity index (χ4n) is 3.93. The lowest BCUT2D eigenvalue weighted by Gasteiger charge is -2.34. The summed E-state index contributed by atoms with van der Waals surface area (Å²) in [5.41, 5.74) is 1.35. The average Bonchev–Trinajstić information content (AvgIpc) is 2.94. The second-order valence-electron chi connectivity index (χ2n) is 7.78. The molecular weight excluding hydrogens is 394 g/mol. The van der Waals surface area contributed by atoms with E-state index < -0.39 is 0 Å². The summed E-state index contributed by atoms with van der Waals surface area (Å²) in [6, 6.07) is 7.16. The normalized spacial score (nSPS) is 17.0. The first-order chi connectivity index (χ1) is 15.2. The number of carbonyl (C=O) groups excluding carboxylic acids is 1. The van der Waals surface area contributed by atoms with Gasteiger partial charge in [-0.05, 0) is 50.6 Å². The first-order valence-corrected chi connectivity index (χ1v) is 10.7. The van der Waals surface area contributed by atoms with Crippen LogP contribution in [0, 0.1) is 0 Å². The Labute approximate surface area is 183 Å². The number of rotatable bonds is 7. The highest BCUT2D eigenvalue weighted by atomic mass is 16.5. The molecule has 2 aliphatic rings. The van der Waals surface area contributed by atoms with Crippen LogP contribution in [0.5, 0.6) is 11.5 Å². The molecule has 2 aliphatic heterocycles. The molecule has 31 heavy (non-hydrogen) atoms. The van der Waals surface area contributed by atoms with Gasteiger partial charge in [0.15, 0.2) is 0 Å². The van der Waals surface area contributed by atoms with Gasteiger partial charge in [-0.2, -0.15) is 0 Å². The lowest BCUT2D eigenvalue weighted by Crippen LogP contribution is -2.47. The molecule has 0 bridgehead atoms. The maximum Gasteiger partial charge on any atom is 0.262 e. The van der Waals surface area contributed by atoms with Gasteiger partial charge in [0.25, 0.3) is 5.91 Å². The Balaban J connectivity index is 1.26. The number of fused-ring (bicyclic) bond motifs is 1. The van der Waals surface area contributed by atoms with Crippen LogP contribution in [0.3, 0.4) is 0 Å². The maximum atomic E-state index is 13.1. The first-order valence-electron chi connectivity index (χ1n) is 10.7. The van der Waals surface area contributed by atoms with Gasteiger partial charge >= 0.3 is 0 Å². The molecular formula is C23H29N5O3. The van der Waals surface area contributed by atoms with Crippen molar-refractivity contribution in [3.8, 4) is 11.5 Å². The number of methoxy groups -OCH3 is 1. The molecule has 0 unspecified atom stereocenters. The van der Waals surface area contributed by atoms with Gasteiger partial charge in [0.2, 0.25) is 5.95 Å². The van der Waals surface area contributed by atoms with Crippen LogP contribution in [0.2, 0.25) is 0 Å². The van der Waals surface area contributed by atoms with Gasteiger partial charge < -0.3 is 19.3 Å². The number of benzene rings is 1. The van der Waals surface area contributed by atoms with Gasteiger partial charge in [-0.3, -0.25) is 9.69 Å². The number of unbranched alkanes of at least 4 members (excludes halogenated alkanes) is 1. The van der Waals surface area contributed by atoms with E-state index >= 15 is 0 Å². The summed E-state index contributed by atoms with van der Waals surface area (Å²) in [4.78, 5) is 28.3. The monoisotopic (exact) mass is 423 g/mol. The molecule has 164 valence electrons. The minimum Gasteiger partial charge on any atom is -0.497 e. The van der Waals surface area contributed by atoms with E-state index in [0.29, 0.717) is 23.6 Å². The average molecular weight is 424 g/mol. The van der Waals surface area contributed by atoms with E-state index in [4.69, 9.17) is 9.47 Å². The Morgan fingerprint density at radius 2 is 1.81 bits per heavy atom. The minimum absolute atomic E-state index is 0.0448. The van der Waals surface area contributed by atoms with Crippen LogP contribution in [0.4, 0.5) is 5.95 Å². The zero-order chi connectivity index (χ0) is 21.6. The van der Waals surface area contributed by atoms with E-state index in [9.17, 15) is 4.79 Å². The molecule has 8 heteroatoms. The second-order valence-corrected chi connectivity index (χ2v) is 7.78. The van der Waals surface area contributed by atoms with Gasteiger partial charge in [0.05, 0.1) is 18.4 Å². The third-order valence-corrected chi connectivity index (χ3v) is 5.76. The van der Waals surface area contributed by atoms with Gasteiger partial charge in [-0.25, -0.2) is 9.97 Å². The van der Waals surface area contributed by atoms with Crippen LogP contribution in [-0.4, -0.2) is 72.1 Å². The van der Waals surface area contributed by atoms with Gasteiger partial charge in [0, 0.05) is 45.1 Å². The highest BCUT2D eigenvalue weighted by molar-refractivity contribution is 5.98. The number of piperazine rings is 1. The van der Waals surface area contributed by atoms with Crippen LogP contribution >= 0.6 is 0 Å². The van der Waals surface area contributed by atoms with Gasteiger partial charge in [-0.15, -0.1) is 0 Å². The molecule has 1 aromatic heterocycles. The third kappa shape index (κ3) is 4.96. The SMILES string of the molecule is COc1ccc2c(c1)C(=O)N(CCCCN1CCN(c3ncccn3)CC1)C(C)=CO2. The highest BCUT2D eigenvalue weighted by Gasteiger charge is 2.25. The molecule has 0 spiro atoms. The molecule has 1 fully saturated rings. The molecule has 0 N–H and O–H groups in total. The van der Waals surface area contributed by atoms with Crippen molar-refractivity contribution in [2.24, 2.45) is 0 Å². The topological polar surface area (TPSA) is 71.0 Å². The molecule has 0 saturated carbocycles. The molecule has 3 heterocycles. The molecule has 2 aromatic rings. The van der Waals surface area contributed by atoms with E-state index in [-0.39, 0.29) is 5.91 Å². The largest absolute Gasteiger partial charge is 0.497 e. The molecule has 1 saturated heterocycles. The summed E-state index contributed by atoms with van der Waals surface area (Å²) in [6.07, 6.45) is 7.19. The van der Waals surface area contributed by atoms with Crippen molar-refractivity contribution in [2.45, 2.75) is 19.8 Å². The Kier molecular flexibility index (Phi) is 6.66. The predicted octanol–water partition coefficient (Wildman–Crippen LogP) is 2.78. The van der Waals surface area contributed by atoms with E-state index in [2.05, 4.69) is 19.8 Å². The summed E-state index contributed by atoms with van der Waals surface area (Å²) < 4.78 is 11.0. The lowest BCUT2D eigenvalue weighted by molar-refractivity contribution is 0.0804. The van der Waals surface area contributed by atoms with E-state index in [1.165, 1.54) is 0 Å². The number of allylic oxidation sites excluding steroid dienone is 1. The van der Waals surface area contributed by atoms with Crippen molar-refractivity contribution in [3.63, 3.8) is 0 Å². The Hall–Kier alpha value is -3.13. The highest BCUT2D eigenvalue weighted by Crippen LogP contribution is 2.29. The molecule has 0 aliphatic carbocycles. The number of nitrogens with zero attached hydrogens (tertiary/aromatic N) is 5. The van der Waals surface area contributed by atoms with Crippen molar-refractivity contribution < 1.29 is 14.3 Å². The predicted molar refractivity (Wildman–Crippen MR) is 118 cm³/mol. The first kappa shape index (κ1) is 21.1. The second kappa shape index (κ2) is 9.78. The molecule has 8 nitrogen and oxygen atoms in total. The van der Waals surface area contributed by atoms with Crippen molar-refractivity contribution in [3.05, 3.63) is 54.2 Å². The molecule has 0 radical (unpaired) electrons. The van der Waals surface area contributed by atoms with Crippen LogP contribution in [0.15, 0.2) is 48.6 Å². The van der Waals surface area contributed by atoms with Crippen LogP contribution in [0.25, 0.3) is 0 Å². The number of carbonyl (C=O) groups is 1. The standard InChI is InChI=1S/C23H29N5O3/c1-18-17-31-21-7-6-19(30-2)16-20(21)22(29)28(18)11-4-3-10-26-12-14-27(15-13-26)23-24-8-5-9-25-23/h5-9,16-17H,3-4,10-15H2,1-2H3. The third-order valence-electron chi connectivity index (χ3n) is 5.76. The number of anilines is 1. The molecule has 1 aromatic carbocycles.